The van der Waals surface area contributed by atoms with Gasteiger partial charge in [0.15, 0.2) is 17.4 Å². The third kappa shape index (κ3) is 5.43. The molecule has 1 saturated heterocycles. The molecule has 0 amide bonds. The van der Waals surface area contributed by atoms with Gasteiger partial charge in [0.2, 0.25) is 5.95 Å². The van der Waals surface area contributed by atoms with Gasteiger partial charge in [-0.3, -0.25) is 23.7 Å². The Balaban J connectivity index is 1.42. The minimum absolute atomic E-state index is 0.0174. The van der Waals surface area contributed by atoms with Gasteiger partial charge in [-0.15, -0.1) is 0 Å². The van der Waals surface area contributed by atoms with Gasteiger partial charge in [0, 0.05) is 5.39 Å². The van der Waals surface area contributed by atoms with Gasteiger partial charge < -0.3 is 29.9 Å². The summed E-state index contributed by atoms with van der Waals surface area (Å²) >= 11 is 0. The molecule has 1 aliphatic heterocycles. The molecule has 0 spiro atoms. The summed E-state index contributed by atoms with van der Waals surface area (Å²) in [4.78, 5) is 34.7. The molecule has 4 aromatic rings. The molecule has 3 heterocycles. The molecule has 218 valence electrons. The smallest absolute Gasteiger partial charge is 0.459 e. The molecule has 0 aliphatic carbocycles. The number of H-pyrrole nitrogens is 1. The Morgan fingerprint density at radius 3 is 2.80 bits per heavy atom. The van der Waals surface area contributed by atoms with Crippen LogP contribution in [0.4, 0.5) is 5.95 Å². The van der Waals surface area contributed by atoms with Gasteiger partial charge in [-0.25, -0.2) is 9.55 Å². The lowest BCUT2D eigenvalue weighted by atomic mass is 9.96. The number of ether oxygens (including phenoxy) is 2. The van der Waals surface area contributed by atoms with Crippen LogP contribution in [0.15, 0.2) is 53.6 Å². The number of rotatable bonds is 9. The number of aliphatic hydroxyl groups is 2. The van der Waals surface area contributed by atoms with Gasteiger partial charge in [-0.2, -0.15) is 10.1 Å². The molecule has 0 radical (unpaired) electrons. The van der Waals surface area contributed by atoms with Crippen molar-refractivity contribution in [1.82, 2.24) is 24.6 Å². The van der Waals surface area contributed by atoms with Crippen LogP contribution >= 0.6 is 7.75 Å². The Hall–Kier alpha value is -3.85. The molecule has 15 nitrogen and oxygen atoms in total. The van der Waals surface area contributed by atoms with Crippen molar-refractivity contribution in [1.29, 1.82) is 0 Å². The first-order valence-electron chi connectivity index (χ1n) is 12.5. The number of aromatic nitrogens is 4. The van der Waals surface area contributed by atoms with Crippen molar-refractivity contribution in [3.05, 3.63) is 59.1 Å². The number of aliphatic hydroxyl groups excluding tert-OH is 1. The number of nitrogen functional groups attached to an aromatic ring is 1. The number of methoxy groups -OCH3 is 1. The minimum Gasteiger partial charge on any atom is -0.468 e. The molecular weight excluding hydrogens is 559 g/mol. The van der Waals surface area contributed by atoms with Gasteiger partial charge >= 0.3 is 13.7 Å². The Kier molecular flexibility index (Phi) is 7.59. The second-order valence-electron chi connectivity index (χ2n) is 9.71. The lowest BCUT2D eigenvalue weighted by molar-refractivity contribution is -0.142. The Morgan fingerprint density at radius 2 is 2.05 bits per heavy atom. The minimum atomic E-state index is -4.34. The summed E-state index contributed by atoms with van der Waals surface area (Å²) in [6, 6.07) is 11.3. The predicted molar refractivity (Wildman–Crippen MR) is 146 cm³/mol. The van der Waals surface area contributed by atoms with E-state index in [-0.39, 0.29) is 22.9 Å². The van der Waals surface area contributed by atoms with E-state index in [9.17, 15) is 24.4 Å². The molecular formula is C25H29N6O9P. The van der Waals surface area contributed by atoms with Crippen LogP contribution in [-0.2, 0) is 23.4 Å². The standard InChI is InChI=1S/C25H29N6O9P/c1-13(22(34)37-3)30-41(36,40-16-10-6-8-14-7-4-5-9-15(14)16)38-11-17-19(32)25(2,35)23(39-17)31-12-27-18-20(31)28-24(26)29-21(18)33/h4-10,12-13,17,19,23,32,35H,11H2,1-3H3,(H,30,36)(H3,26,28,29,33)/t13-,17+,19-,23+,25?,41?/m0/s1. The summed E-state index contributed by atoms with van der Waals surface area (Å²) in [6.45, 7) is 2.19. The topological polar surface area (TPSA) is 213 Å². The van der Waals surface area contributed by atoms with E-state index in [1.807, 2.05) is 18.2 Å². The van der Waals surface area contributed by atoms with Crippen LogP contribution in [0.2, 0.25) is 0 Å². The zero-order valence-corrected chi connectivity index (χ0v) is 23.1. The van der Waals surface area contributed by atoms with Gasteiger partial charge in [0.1, 0.15) is 29.6 Å². The highest BCUT2D eigenvalue weighted by molar-refractivity contribution is 7.52. The Morgan fingerprint density at radius 1 is 1.32 bits per heavy atom. The van der Waals surface area contributed by atoms with E-state index in [1.165, 1.54) is 31.9 Å². The quantitative estimate of drug-likeness (QED) is 0.138. The van der Waals surface area contributed by atoms with Crippen molar-refractivity contribution in [2.45, 2.75) is 43.9 Å². The fraction of sp³-hybridized carbons (Fsp3) is 0.360. The van der Waals surface area contributed by atoms with Crippen LogP contribution in [0.3, 0.4) is 0 Å². The van der Waals surface area contributed by atoms with Crippen molar-refractivity contribution in [2.75, 3.05) is 19.5 Å². The Labute approximate surface area is 232 Å². The fourth-order valence-electron chi connectivity index (χ4n) is 4.63. The van der Waals surface area contributed by atoms with Gasteiger partial charge in [-0.1, -0.05) is 36.4 Å². The number of nitrogens with one attached hydrogen (secondary N) is 2. The van der Waals surface area contributed by atoms with Crippen LogP contribution in [0.25, 0.3) is 21.9 Å². The number of imidazole rings is 1. The number of nitrogens with two attached hydrogens (primary N) is 1. The van der Waals surface area contributed by atoms with Gasteiger partial charge in [0.05, 0.1) is 20.0 Å². The zero-order valence-electron chi connectivity index (χ0n) is 22.3. The van der Waals surface area contributed by atoms with Gasteiger partial charge in [0.25, 0.3) is 5.56 Å². The molecule has 6 N–H and O–H groups in total. The van der Waals surface area contributed by atoms with Crippen molar-refractivity contribution in [3.8, 4) is 5.75 Å². The lowest BCUT2D eigenvalue weighted by Crippen LogP contribution is -2.44. The van der Waals surface area contributed by atoms with E-state index in [1.54, 1.807) is 24.3 Å². The summed E-state index contributed by atoms with van der Waals surface area (Å²) < 4.78 is 37.4. The SMILES string of the molecule is COC(=O)[C@H](C)NP(=O)(OC[C@H]1O[C@@H](n2cnc3c(=O)[nH]c(N)nc32)C(C)(O)[C@H]1O)Oc1cccc2ccccc12. The molecule has 0 saturated carbocycles. The average Bonchev–Trinajstić information content (AvgIpc) is 3.45. The van der Waals surface area contributed by atoms with Gasteiger partial charge in [-0.05, 0) is 25.3 Å². The number of aromatic amines is 1. The van der Waals surface area contributed by atoms with Crippen molar-refractivity contribution in [3.63, 3.8) is 0 Å². The van der Waals surface area contributed by atoms with E-state index >= 15 is 0 Å². The van der Waals surface area contributed by atoms with Crippen LogP contribution in [-0.4, -0.2) is 73.3 Å². The van der Waals surface area contributed by atoms with E-state index in [0.717, 1.165) is 5.39 Å². The summed E-state index contributed by atoms with van der Waals surface area (Å²) in [5.41, 5.74) is 3.10. The molecule has 1 fully saturated rings. The van der Waals surface area contributed by atoms with Crippen LogP contribution in [0, 0.1) is 0 Å². The number of hydrogen-bond acceptors (Lipinski definition) is 12. The van der Waals surface area contributed by atoms with E-state index in [0.29, 0.717) is 5.39 Å². The van der Waals surface area contributed by atoms with E-state index < -0.39 is 56.0 Å². The summed E-state index contributed by atoms with van der Waals surface area (Å²) in [7, 11) is -3.16. The molecule has 2 unspecified atom stereocenters. The summed E-state index contributed by atoms with van der Waals surface area (Å²) in [5.74, 6) is -0.684. The average molecular weight is 589 g/mol. The monoisotopic (exact) mass is 588 g/mol. The number of carbonyl (C=O) groups excluding carboxylic acids is 1. The first-order valence-corrected chi connectivity index (χ1v) is 14.0. The molecule has 41 heavy (non-hydrogen) atoms. The maximum Gasteiger partial charge on any atom is 0.459 e. The zero-order chi connectivity index (χ0) is 29.5. The maximum absolute atomic E-state index is 14.0. The highest BCUT2D eigenvalue weighted by Crippen LogP contribution is 2.48. The highest BCUT2D eigenvalue weighted by atomic mass is 31.2. The molecule has 0 bridgehead atoms. The second-order valence-corrected chi connectivity index (χ2v) is 11.4. The number of benzene rings is 2. The molecule has 6 atom stereocenters. The van der Waals surface area contributed by atoms with E-state index in [4.69, 9.17) is 24.3 Å². The van der Waals surface area contributed by atoms with Crippen LogP contribution < -0.4 is 20.9 Å². The third-order valence-electron chi connectivity index (χ3n) is 6.74. The highest BCUT2D eigenvalue weighted by Gasteiger charge is 2.54. The van der Waals surface area contributed by atoms with Crippen molar-refractivity contribution in [2.24, 2.45) is 0 Å². The molecule has 2 aromatic heterocycles. The number of anilines is 1. The summed E-state index contributed by atoms with van der Waals surface area (Å²) in [5, 5.41) is 26.2. The van der Waals surface area contributed by atoms with Crippen molar-refractivity contribution >= 4 is 41.6 Å². The maximum atomic E-state index is 14.0. The first-order chi connectivity index (χ1) is 19.4. The predicted octanol–water partition coefficient (Wildman–Crippen LogP) is 1.22. The first kappa shape index (κ1) is 28.7. The van der Waals surface area contributed by atoms with E-state index in [2.05, 4.69) is 20.0 Å². The van der Waals surface area contributed by atoms with Crippen LogP contribution in [0.1, 0.15) is 20.1 Å². The Bertz CT molecular complexity index is 1700. The molecule has 16 heteroatoms. The molecule has 2 aromatic carbocycles. The largest absolute Gasteiger partial charge is 0.468 e. The molecule has 1 aliphatic rings. The molecule has 5 rings (SSSR count). The second kappa shape index (κ2) is 10.9. The third-order valence-corrected chi connectivity index (χ3v) is 8.37. The number of hydrogen-bond donors (Lipinski definition) is 5. The normalized spacial score (nSPS) is 24.8. The number of nitrogens with zero attached hydrogens (tertiary/aromatic N) is 3. The van der Waals surface area contributed by atoms with Crippen molar-refractivity contribution < 1.29 is 38.1 Å². The number of carbonyl (C=O) groups is 1. The number of esters is 1. The van der Waals surface area contributed by atoms with Crippen LogP contribution in [0.5, 0.6) is 5.75 Å². The summed E-state index contributed by atoms with van der Waals surface area (Å²) in [6.07, 6.45) is -2.87. The lowest BCUT2D eigenvalue weighted by Gasteiger charge is -2.27. The number of fused-ring (bicyclic) bond motifs is 2. The fourth-order valence-corrected chi connectivity index (χ4v) is 6.15.